The number of hydrogen-bond acceptors (Lipinski definition) is 4. The minimum absolute atomic E-state index is 0. The summed E-state index contributed by atoms with van der Waals surface area (Å²) in [7, 11) is 0. The van der Waals surface area contributed by atoms with Crippen molar-refractivity contribution in [2.24, 2.45) is 0 Å². The smallest absolute Gasteiger partial charge is 0.242 e. The molecule has 0 aliphatic carbocycles. The zero-order chi connectivity index (χ0) is 13.8. The number of hydrogen-bond donors (Lipinski definition) is 2. The summed E-state index contributed by atoms with van der Waals surface area (Å²) >= 11 is 0. The van der Waals surface area contributed by atoms with Crippen molar-refractivity contribution in [3.05, 3.63) is 42.4 Å². The van der Waals surface area contributed by atoms with Crippen molar-refractivity contribution in [2.45, 2.75) is 25.4 Å². The van der Waals surface area contributed by atoms with Gasteiger partial charge in [-0.15, -0.1) is 24.8 Å². The molecule has 1 aliphatic rings. The summed E-state index contributed by atoms with van der Waals surface area (Å²) in [6.07, 6.45) is 7.32. The van der Waals surface area contributed by atoms with E-state index < -0.39 is 0 Å². The molecule has 0 radical (unpaired) electrons. The molecule has 1 saturated heterocycles. The van der Waals surface area contributed by atoms with Crippen molar-refractivity contribution in [3.8, 4) is 0 Å². The molecular formula is C14H19Cl2N5O. The van der Waals surface area contributed by atoms with Crippen LogP contribution < -0.4 is 10.6 Å². The van der Waals surface area contributed by atoms with Crippen LogP contribution in [-0.2, 0) is 11.3 Å². The molecule has 1 atom stereocenters. The molecule has 0 bridgehead atoms. The topological polar surface area (TPSA) is 71.8 Å². The van der Waals surface area contributed by atoms with E-state index in [4.69, 9.17) is 0 Å². The molecule has 1 amide bonds. The molecule has 120 valence electrons. The van der Waals surface area contributed by atoms with Gasteiger partial charge in [-0.1, -0.05) is 0 Å². The van der Waals surface area contributed by atoms with Gasteiger partial charge in [0.2, 0.25) is 5.91 Å². The Balaban J connectivity index is 0.00000121. The lowest BCUT2D eigenvalue weighted by molar-refractivity contribution is -0.117. The molecule has 1 aliphatic heterocycles. The lowest BCUT2D eigenvalue weighted by Crippen LogP contribution is -2.35. The van der Waals surface area contributed by atoms with Crippen LogP contribution in [0.15, 0.2) is 36.8 Å². The minimum atomic E-state index is -0.0830. The molecule has 0 saturated carbocycles. The lowest BCUT2D eigenvalue weighted by atomic mass is 10.2. The molecule has 8 heteroatoms. The first-order valence-corrected chi connectivity index (χ1v) is 6.78. The maximum absolute atomic E-state index is 12.0. The Morgan fingerprint density at radius 2 is 2.09 bits per heavy atom. The van der Waals surface area contributed by atoms with Crippen LogP contribution in [0.3, 0.4) is 0 Å². The summed E-state index contributed by atoms with van der Waals surface area (Å²) in [6.45, 7) is 1.58. The first-order chi connectivity index (χ1) is 9.81. The van der Waals surface area contributed by atoms with Crippen LogP contribution in [0.4, 0.5) is 5.82 Å². The summed E-state index contributed by atoms with van der Waals surface area (Å²) in [6, 6.07) is 5.62. The van der Waals surface area contributed by atoms with Crippen molar-refractivity contribution in [3.63, 3.8) is 0 Å². The number of anilines is 1. The summed E-state index contributed by atoms with van der Waals surface area (Å²) in [5, 5.41) is 10.4. The van der Waals surface area contributed by atoms with Crippen LogP contribution in [0.25, 0.3) is 0 Å². The number of rotatable bonds is 4. The van der Waals surface area contributed by atoms with Gasteiger partial charge < -0.3 is 10.6 Å². The number of amides is 1. The van der Waals surface area contributed by atoms with Crippen molar-refractivity contribution in [2.75, 3.05) is 11.9 Å². The van der Waals surface area contributed by atoms with Gasteiger partial charge in [-0.05, 0) is 37.1 Å². The van der Waals surface area contributed by atoms with E-state index >= 15 is 0 Å². The quantitative estimate of drug-likeness (QED) is 0.888. The highest BCUT2D eigenvalue weighted by Gasteiger charge is 2.22. The van der Waals surface area contributed by atoms with E-state index in [-0.39, 0.29) is 36.8 Å². The van der Waals surface area contributed by atoms with E-state index in [2.05, 4.69) is 20.7 Å². The van der Waals surface area contributed by atoms with Crippen molar-refractivity contribution >= 4 is 36.5 Å². The normalized spacial score (nSPS) is 16.5. The third kappa shape index (κ3) is 4.69. The van der Waals surface area contributed by atoms with Crippen LogP contribution in [-0.4, -0.2) is 33.3 Å². The van der Waals surface area contributed by atoms with Crippen LogP contribution in [0.2, 0.25) is 0 Å². The van der Waals surface area contributed by atoms with Gasteiger partial charge in [-0.25, -0.2) is 0 Å². The van der Waals surface area contributed by atoms with Gasteiger partial charge in [0, 0.05) is 24.7 Å². The van der Waals surface area contributed by atoms with Gasteiger partial charge in [0.05, 0.1) is 12.6 Å². The molecule has 0 spiro atoms. The van der Waals surface area contributed by atoms with Gasteiger partial charge >= 0.3 is 0 Å². The van der Waals surface area contributed by atoms with Gasteiger partial charge in [0.25, 0.3) is 0 Å². The van der Waals surface area contributed by atoms with Crippen molar-refractivity contribution in [1.82, 2.24) is 20.1 Å². The van der Waals surface area contributed by atoms with Gasteiger partial charge in [0.1, 0.15) is 0 Å². The van der Waals surface area contributed by atoms with E-state index in [1.54, 1.807) is 17.1 Å². The van der Waals surface area contributed by atoms with Gasteiger partial charge in [-0.2, -0.15) is 5.10 Å². The molecule has 2 aromatic rings. The largest absolute Gasteiger partial charge is 0.308 e. The molecule has 3 heterocycles. The van der Waals surface area contributed by atoms with E-state index in [1.165, 1.54) is 0 Å². The average molecular weight is 344 g/mol. The molecule has 22 heavy (non-hydrogen) atoms. The zero-order valence-electron chi connectivity index (χ0n) is 11.9. The summed E-state index contributed by atoms with van der Waals surface area (Å²) in [4.78, 5) is 15.9. The second-order valence-corrected chi connectivity index (χ2v) is 4.89. The minimum Gasteiger partial charge on any atom is -0.308 e. The van der Waals surface area contributed by atoms with E-state index in [1.807, 2.05) is 24.4 Å². The van der Waals surface area contributed by atoms with E-state index in [0.29, 0.717) is 12.4 Å². The van der Waals surface area contributed by atoms with Crippen molar-refractivity contribution in [1.29, 1.82) is 0 Å². The highest BCUT2D eigenvalue weighted by molar-refractivity contribution is 5.94. The molecule has 2 N–H and O–H groups in total. The lowest BCUT2D eigenvalue weighted by Gasteiger charge is -2.08. The van der Waals surface area contributed by atoms with Crippen LogP contribution >= 0.6 is 24.8 Å². The van der Waals surface area contributed by atoms with E-state index in [9.17, 15) is 4.79 Å². The third-order valence-electron chi connectivity index (χ3n) is 3.36. The number of aromatic nitrogens is 3. The fourth-order valence-electron chi connectivity index (χ4n) is 2.31. The third-order valence-corrected chi connectivity index (χ3v) is 3.36. The molecule has 1 fully saturated rings. The highest BCUT2D eigenvalue weighted by Crippen LogP contribution is 2.10. The summed E-state index contributed by atoms with van der Waals surface area (Å²) in [5.74, 6) is 0.592. The Hall–Kier alpha value is -1.63. The maximum atomic E-state index is 12.0. The number of nitrogens with one attached hydrogen (secondary N) is 2. The van der Waals surface area contributed by atoms with Crippen LogP contribution in [0, 0.1) is 0 Å². The fraction of sp³-hybridized carbons (Fsp3) is 0.357. The molecule has 2 aromatic heterocycles. The van der Waals surface area contributed by atoms with E-state index in [0.717, 1.165) is 24.9 Å². The van der Waals surface area contributed by atoms with Gasteiger partial charge in [0.15, 0.2) is 5.82 Å². The van der Waals surface area contributed by atoms with Gasteiger partial charge in [-0.3, -0.25) is 14.5 Å². The first-order valence-electron chi connectivity index (χ1n) is 6.78. The Labute approximate surface area is 141 Å². The fourth-order valence-corrected chi connectivity index (χ4v) is 2.31. The monoisotopic (exact) mass is 343 g/mol. The van der Waals surface area contributed by atoms with Crippen LogP contribution in [0.1, 0.15) is 18.4 Å². The van der Waals surface area contributed by atoms with Crippen molar-refractivity contribution < 1.29 is 4.79 Å². The maximum Gasteiger partial charge on any atom is 0.242 e. The summed E-state index contributed by atoms with van der Waals surface area (Å²) < 4.78 is 1.80. The Kier molecular flexibility index (Phi) is 7.31. The number of nitrogens with zero attached hydrogens (tertiary/aromatic N) is 3. The molecule has 0 aromatic carbocycles. The second kappa shape index (κ2) is 8.73. The van der Waals surface area contributed by atoms with Crippen LogP contribution in [0.5, 0.6) is 0 Å². The predicted molar refractivity (Wildman–Crippen MR) is 89.7 cm³/mol. The Bertz CT molecular complexity index is 584. The number of pyridine rings is 1. The SMILES string of the molecule is Cl.Cl.O=C(Nc1ccn(Cc2ccncc2)n1)C1CCCN1. The molecular weight excluding hydrogens is 325 g/mol. The zero-order valence-corrected chi connectivity index (χ0v) is 13.6. The molecule has 3 rings (SSSR count). The molecule has 1 unspecified atom stereocenters. The first kappa shape index (κ1) is 18.4. The number of halogens is 2. The molecule has 6 nitrogen and oxygen atoms in total. The highest BCUT2D eigenvalue weighted by atomic mass is 35.5. The predicted octanol–water partition coefficient (Wildman–Crippen LogP) is 1.86. The standard InChI is InChI=1S/C14H17N5O.2ClH/c20-14(12-2-1-6-16-12)17-13-5-9-19(18-13)10-11-3-7-15-8-4-11;;/h3-5,7-9,12,16H,1-2,6,10H2,(H,17,18,20);2*1H. The summed E-state index contributed by atoms with van der Waals surface area (Å²) in [5.41, 5.74) is 1.12. The Morgan fingerprint density at radius 1 is 1.32 bits per heavy atom. The Morgan fingerprint density at radius 3 is 2.77 bits per heavy atom. The second-order valence-electron chi connectivity index (χ2n) is 4.89. The average Bonchev–Trinajstić information content (AvgIpc) is 3.11. The number of carbonyl (C=O) groups is 1. The number of carbonyl (C=O) groups excluding carboxylic acids is 1.